The van der Waals surface area contributed by atoms with Crippen LogP contribution in [0.2, 0.25) is 0 Å². The summed E-state index contributed by atoms with van der Waals surface area (Å²) in [7, 11) is 3.76. The Labute approximate surface area is 135 Å². The number of amides is 1. The van der Waals surface area contributed by atoms with Crippen molar-refractivity contribution in [1.29, 1.82) is 0 Å². The van der Waals surface area contributed by atoms with Crippen LogP contribution in [0.3, 0.4) is 0 Å². The molecule has 1 saturated carbocycles. The highest BCUT2D eigenvalue weighted by molar-refractivity contribution is 5.92. The van der Waals surface area contributed by atoms with Gasteiger partial charge < -0.3 is 5.32 Å². The number of carbonyl (C=O) groups excluding carboxylic acids is 1. The Morgan fingerprint density at radius 1 is 1.30 bits per heavy atom. The second-order valence-corrected chi connectivity index (χ2v) is 6.13. The maximum absolute atomic E-state index is 12.7. The molecule has 1 aromatic heterocycles. The number of hydrogen-bond acceptors (Lipinski definition) is 3. The highest BCUT2D eigenvalue weighted by Crippen LogP contribution is 2.25. The van der Waals surface area contributed by atoms with E-state index in [9.17, 15) is 9.59 Å². The van der Waals surface area contributed by atoms with E-state index in [4.69, 9.17) is 0 Å². The van der Waals surface area contributed by atoms with Crippen molar-refractivity contribution in [1.82, 2.24) is 14.3 Å². The summed E-state index contributed by atoms with van der Waals surface area (Å²) in [6, 6.07) is 9.92. The van der Waals surface area contributed by atoms with Crippen LogP contribution in [0.1, 0.15) is 18.5 Å². The Kier molecular flexibility index (Phi) is 4.09. The summed E-state index contributed by atoms with van der Waals surface area (Å²) < 4.78 is 3.33. The molecular formula is C17H22N4O2. The van der Waals surface area contributed by atoms with Crippen LogP contribution in [0.4, 0.5) is 5.69 Å². The lowest BCUT2D eigenvalue weighted by Crippen LogP contribution is -2.33. The lowest BCUT2D eigenvalue weighted by molar-refractivity contribution is -0.117. The van der Waals surface area contributed by atoms with Gasteiger partial charge in [0.1, 0.15) is 5.69 Å². The molecule has 0 bridgehead atoms. The molecule has 3 rings (SSSR count). The molecule has 6 nitrogen and oxygen atoms in total. The number of aromatic nitrogens is 2. The summed E-state index contributed by atoms with van der Waals surface area (Å²) in [6.07, 6.45) is 2.30. The molecular weight excluding hydrogens is 292 g/mol. The van der Waals surface area contributed by atoms with E-state index in [0.29, 0.717) is 18.3 Å². The zero-order valence-corrected chi connectivity index (χ0v) is 13.7. The number of anilines is 1. The molecule has 122 valence electrons. The molecule has 0 aliphatic heterocycles. The molecule has 0 radical (unpaired) electrons. The van der Waals surface area contributed by atoms with Gasteiger partial charge in [-0.3, -0.25) is 19.2 Å². The third-order valence-corrected chi connectivity index (χ3v) is 4.38. The first-order chi connectivity index (χ1) is 11.0. The van der Waals surface area contributed by atoms with Gasteiger partial charge in [0.15, 0.2) is 0 Å². The van der Waals surface area contributed by atoms with Crippen molar-refractivity contribution in [2.75, 3.05) is 18.9 Å². The molecule has 0 atom stereocenters. The van der Waals surface area contributed by atoms with Gasteiger partial charge in [-0.1, -0.05) is 18.2 Å². The Bertz CT molecular complexity index is 772. The van der Waals surface area contributed by atoms with E-state index in [1.165, 1.54) is 0 Å². The molecule has 1 aliphatic carbocycles. The third kappa shape index (κ3) is 3.07. The minimum absolute atomic E-state index is 0.148. The molecule has 0 saturated heterocycles. The van der Waals surface area contributed by atoms with Gasteiger partial charge in [0, 0.05) is 13.1 Å². The minimum atomic E-state index is -0.210. The molecule has 1 heterocycles. The molecule has 1 aliphatic rings. The summed E-state index contributed by atoms with van der Waals surface area (Å²) in [5.74, 6) is -0.148. The largest absolute Gasteiger partial charge is 0.319 e. The SMILES string of the molecule is Cc1c(NC(=O)CN(C)C2CC2)c(=O)n(-c2ccccc2)n1C. The van der Waals surface area contributed by atoms with E-state index in [0.717, 1.165) is 24.2 Å². The van der Waals surface area contributed by atoms with Crippen LogP contribution in [-0.4, -0.2) is 39.8 Å². The molecule has 6 heteroatoms. The quantitative estimate of drug-likeness (QED) is 0.910. The first-order valence-electron chi connectivity index (χ1n) is 7.83. The highest BCUT2D eigenvalue weighted by atomic mass is 16.2. The Morgan fingerprint density at radius 2 is 1.96 bits per heavy atom. The van der Waals surface area contributed by atoms with E-state index in [1.54, 1.807) is 9.36 Å². The number of carbonyl (C=O) groups is 1. The summed E-state index contributed by atoms with van der Waals surface area (Å²) in [5, 5.41) is 2.79. The van der Waals surface area contributed by atoms with Crippen molar-refractivity contribution in [3.63, 3.8) is 0 Å². The van der Waals surface area contributed by atoms with Gasteiger partial charge in [-0.05, 0) is 38.9 Å². The van der Waals surface area contributed by atoms with Gasteiger partial charge >= 0.3 is 0 Å². The number of rotatable bonds is 5. The number of para-hydroxylation sites is 1. The minimum Gasteiger partial charge on any atom is -0.319 e. The number of nitrogens with zero attached hydrogens (tertiary/aromatic N) is 3. The second kappa shape index (κ2) is 6.04. The van der Waals surface area contributed by atoms with Gasteiger partial charge in [0.25, 0.3) is 5.56 Å². The predicted octanol–water partition coefficient (Wildman–Crippen LogP) is 1.52. The maximum Gasteiger partial charge on any atom is 0.295 e. The van der Waals surface area contributed by atoms with Crippen LogP contribution in [0.5, 0.6) is 0 Å². The molecule has 1 amide bonds. The van der Waals surface area contributed by atoms with Crippen LogP contribution >= 0.6 is 0 Å². The second-order valence-electron chi connectivity index (χ2n) is 6.13. The molecule has 2 aromatic rings. The van der Waals surface area contributed by atoms with E-state index >= 15 is 0 Å². The standard InChI is InChI=1S/C17H22N4O2/c1-12-16(18-15(22)11-19(2)13-9-10-13)17(23)21(20(12)3)14-7-5-4-6-8-14/h4-8,13H,9-11H2,1-3H3,(H,18,22). The highest BCUT2D eigenvalue weighted by Gasteiger charge is 2.27. The van der Waals surface area contributed by atoms with Crippen LogP contribution in [0.15, 0.2) is 35.1 Å². The number of benzene rings is 1. The topological polar surface area (TPSA) is 59.3 Å². The van der Waals surface area contributed by atoms with Gasteiger partial charge in [0.2, 0.25) is 5.91 Å². The zero-order valence-electron chi connectivity index (χ0n) is 13.7. The summed E-state index contributed by atoms with van der Waals surface area (Å²) >= 11 is 0. The molecule has 1 aromatic carbocycles. The fourth-order valence-electron chi connectivity index (χ4n) is 2.76. The number of nitrogens with one attached hydrogen (secondary N) is 1. The zero-order chi connectivity index (χ0) is 16.6. The maximum atomic E-state index is 12.7. The molecule has 0 spiro atoms. The summed E-state index contributed by atoms with van der Waals surface area (Å²) in [6.45, 7) is 2.14. The lowest BCUT2D eigenvalue weighted by Gasteiger charge is -2.14. The average molecular weight is 314 g/mol. The van der Waals surface area contributed by atoms with E-state index in [1.807, 2.05) is 56.3 Å². The van der Waals surface area contributed by atoms with Crippen LogP contribution in [0, 0.1) is 6.92 Å². The van der Waals surface area contributed by atoms with Crippen molar-refractivity contribution in [3.8, 4) is 5.69 Å². The van der Waals surface area contributed by atoms with Gasteiger partial charge in [-0.15, -0.1) is 0 Å². The normalized spacial score (nSPS) is 14.3. The fraction of sp³-hybridized carbons (Fsp3) is 0.412. The summed E-state index contributed by atoms with van der Waals surface area (Å²) in [4.78, 5) is 26.9. The van der Waals surface area contributed by atoms with Gasteiger partial charge in [-0.25, -0.2) is 4.68 Å². The van der Waals surface area contributed by atoms with Gasteiger partial charge in [-0.2, -0.15) is 0 Å². The molecule has 1 fully saturated rings. The smallest absolute Gasteiger partial charge is 0.295 e. The Balaban J connectivity index is 1.85. The van der Waals surface area contributed by atoms with Crippen molar-refractivity contribution in [2.24, 2.45) is 7.05 Å². The number of hydrogen-bond donors (Lipinski definition) is 1. The van der Waals surface area contributed by atoms with Crippen molar-refractivity contribution >= 4 is 11.6 Å². The van der Waals surface area contributed by atoms with Crippen LogP contribution < -0.4 is 10.9 Å². The first kappa shape index (κ1) is 15.6. The van der Waals surface area contributed by atoms with Crippen molar-refractivity contribution in [3.05, 3.63) is 46.4 Å². The predicted molar refractivity (Wildman–Crippen MR) is 90.0 cm³/mol. The molecule has 1 N–H and O–H groups in total. The lowest BCUT2D eigenvalue weighted by atomic mass is 10.3. The van der Waals surface area contributed by atoms with E-state index in [-0.39, 0.29) is 11.5 Å². The van der Waals surface area contributed by atoms with Crippen molar-refractivity contribution in [2.45, 2.75) is 25.8 Å². The summed E-state index contributed by atoms with van der Waals surface area (Å²) in [5.41, 5.74) is 1.66. The Hall–Kier alpha value is -2.34. The van der Waals surface area contributed by atoms with E-state index in [2.05, 4.69) is 5.32 Å². The Morgan fingerprint density at radius 3 is 2.57 bits per heavy atom. The molecule has 0 unspecified atom stereocenters. The number of likely N-dealkylation sites (N-methyl/N-ethyl adjacent to an activating group) is 1. The van der Waals surface area contributed by atoms with Crippen molar-refractivity contribution < 1.29 is 4.79 Å². The third-order valence-electron chi connectivity index (χ3n) is 4.38. The average Bonchev–Trinajstić information content (AvgIpc) is 3.35. The van der Waals surface area contributed by atoms with Crippen LogP contribution in [0.25, 0.3) is 5.69 Å². The molecule has 23 heavy (non-hydrogen) atoms. The first-order valence-corrected chi connectivity index (χ1v) is 7.83. The fourth-order valence-corrected chi connectivity index (χ4v) is 2.76. The van der Waals surface area contributed by atoms with Gasteiger partial charge in [0.05, 0.1) is 17.9 Å². The monoisotopic (exact) mass is 314 g/mol. The van der Waals surface area contributed by atoms with Crippen LogP contribution in [-0.2, 0) is 11.8 Å². The van der Waals surface area contributed by atoms with E-state index < -0.39 is 0 Å².